The Bertz CT molecular complexity index is 505. The molecule has 1 aromatic carbocycles. The highest BCUT2D eigenvalue weighted by atomic mass is 79.9. The summed E-state index contributed by atoms with van der Waals surface area (Å²) in [5, 5.41) is 3.02. The molecule has 1 N–H and O–H groups in total. The smallest absolute Gasteiger partial charge is 0.151 e. The van der Waals surface area contributed by atoms with Crippen molar-refractivity contribution in [3.8, 4) is 0 Å². The van der Waals surface area contributed by atoms with Crippen molar-refractivity contribution in [1.29, 1.82) is 0 Å². The summed E-state index contributed by atoms with van der Waals surface area (Å²) in [6.45, 7) is 3.75. The molecule has 0 spiro atoms. The first kappa shape index (κ1) is 15.6. The number of nitrogens with one attached hydrogen (secondary N) is 1. The first-order valence-electron chi connectivity index (χ1n) is 5.74. The predicted octanol–water partition coefficient (Wildman–Crippen LogP) is 2.67. The third-order valence-electron chi connectivity index (χ3n) is 2.73. The quantitative estimate of drug-likeness (QED) is 0.867. The molecule has 0 saturated carbocycles. The minimum absolute atomic E-state index is 0.0729. The number of benzene rings is 1. The minimum atomic E-state index is -2.98. The van der Waals surface area contributed by atoms with Crippen LogP contribution in [0.2, 0.25) is 0 Å². The van der Waals surface area contributed by atoms with Gasteiger partial charge in [-0.05, 0) is 25.1 Å². The number of hydrogen-bond donors (Lipinski definition) is 1. The molecule has 0 fully saturated rings. The van der Waals surface area contributed by atoms with Gasteiger partial charge in [-0.15, -0.1) is 0 Å². The number of rotatable bonds is 6. The molecule has 0 amide bonds. The van der Waals surface area contributed by atoms with E-state index in [0.717, 1.165) is 4.47 Å². The normalized spacial score (nSPS) is 13.6. The van der Waals surface area contributed by atoms with Crippen LogP contribution in [0, 0.1) is 5.82 Å². The summed E-state index contributed by atoms with van der Waals surface area (Å²) in [6, 6.07) is 4.49. The molecule has 6 heteroatoms. The molecule has 0 radical (unpaired) electrons. The Morgan fingerprint density at radius 3 is 2.72 bits per heavy atom. The Hall–Kier alpha value is -0.460. The highest BCUT2D eigenvalue weighted by Crippen LogP contribution is 2.21. The molecule has 0 aliphatic heterocycles. The van der Waals surface area contributed by atoms with E-state index in [9.17, 15) is 12.8 Å². The lowest BCUT2D eigenvalue weighted by molar-refractivity contribution is 0.536. The van der Waals surface area contributed by atoms with E-state index < -0.39 is 9.84 Å². The Balaban J connectivity index is 2.61. The van der Waals surface area contributed by atoms with E-state index in [1.807, 2.05) is 6.92 Å². The molecular weight excluding hydrogens is 321 g/mol. The Kier molecular flexibility index (Phi) is 5.75. The van der Waals surface area contributed by atoms with Crippen LogP contribution in [0.25, 0.3) is 0 Å². The van der Waals surface area contributed by atoms with Gasteiger partial charge in [0.15, 0.2) is 9.84 Å². The van der Waals surface area contributed by atoms with Crippen LogP contribution in [-0.2, 0) is 9.84 Å². The third-order valence-corrected chi connectivity index (χ3v) is 4.93. The van der Waals surface area contributed by atoms with E-state index in [-0.39, 0.29) is 23.4 Å². The van der Waals surface area contributed by atoms with Gasteiger partial charge in [-0.2, -0.15) is 0 Å². The fourth-order valence-corrected chi connectivity index (χ4v) is 2.63. The number of sulfone groups is 1. The van der Waals surface area contributed by atoms with E-state index in [1.165, 1.54) is 6.07 Å². The summed E-state index contributed by atoms with van der Waals surface area (Å²) >= 11 is 3.29. The van der Waals surface area contributed by atoms with Crippen LogP contribution >= 0.6 is 15.9 Å². The van der Waals surface area contributed by atoms with Gasteiger partial charge < -0.3 is 5.32 Å². The molecule has 0 aliphatic carbocycles. The lowest BCUT2D eigenvalue weighted by Gasteiger charge is -2.15. The van der Waals surface area contributed by atoms with Crippen molar-refractivity contribution >= 4 is 25.8 Å². The van der Waals surface area contributed by atoms with Crippen LogP contribution < -0.4 is 5.32 Å². The molecule has 0 saturated heterocycles. The Labute approximate surface area is 116 Å². The summed E-state index contributed by atoms with van der Waals surface area (Å²) in [5.74, 6) is -0.0887. The Morgan fingerprint density at radius 1 is 1.44 bits per heavy atom. The van der Waals surface area contributed by atoms with Gasteiger partial charge in [-0.25, -0.2) is 12.8 Å². The second-order valence-electron chi connectivity index (χ2n) is 4.08. The highest BCUT2D eigenvalue weighted by molar-refractivity contribution is 9.10. The van der Waals surface area contributed by atoms with Crippen LogP contribution in [0.5, 0.6) is 0 Å². The fourth-order valence-electron chi connectivity index (χ4n) is 1.53. The van der Waals surface area contributed by atoms with Crippen LogP contribution in [0.15, 0.2) is 22.7 Å². The maximum absolute atomic E-state index is 13.6. The van der Waals surface area contributed by atoms with Crippen molar-refractivity contribution in [1.82, 2.24) is 5.32 Å². The standard InChI is InChI=1S/C12H17BrFNO2S/c1-3-18(16,17)7-6-15-9(2)11-8-10(13)4-5-12(11)14/h4-5,8-9,15H,3,6-7H2,1-2H3. The topological polar surface area (TPSA) is 46.2 Å². The molecular formula is C12H17BrFNO2S. The maximum atomic E-state index is 13.6. The van der Waals surface area contributed by atoms with Crippen molar-refractivity contribution in [2.45, 2.75) is 19.9 Å². The lowest BCUT2D eigenvalue weighted by Crippen LogP contribution is -2.26. The molecule has 18 heavy (non-hydrogen) atoms. The van der Waals surface area contributed by atoms with E-state index in [2.05, 4.69) is 21.2 Å². The molecule has 0 bridgehead atoms. The number of hydrogen-bond acceptors (Lipinski definition) is 3. The van der Waals surface area contributed by atoms with Crippen LogP contribution in [0.4, 0.5) is 4.39 Å². The maximum Gasteiger partial charge on any atom is 0.151 e. The highest BCUT2D eigenvalue weighted by Gasteiger charge is 2.12. The van der Waals surface area contributed by atoms with Gasteiger partial charge in [0.2, 0.25) is 0 Å². The molecule has 3 nitrogen and oxygen atoms in total. The zero-order valence-electron chi connectivity index (χ0n) is 10.4. The predicted molar refractivity (Wildman–Crippen MR) is 74.8 cm³/mol. The zero-order valence-corrected chi connectivity index (χ0v) is 12.8. The van der Waals surface area contributed by atoms with Gasteiger partial charge in [-0.3, -0.25) is 0 Å². The second kappa shape index (κ2) is 6.63. The average Bonchev–Trinajstić information content (AvgIpc) is 2.32. The van der Waals surface area contributed by atoms with Gasteiger partial charge in [0.05, 0.1) is 5.75 Å². The van der Waals surface area contributed by atoms with Gasteiger partial charge in [0, 0.05) is 28.4 Å². The molecule has 0 heterocycles. The molecule has 1 aromatic rings. The van der Waals surface area contributed by atoms with Gasteiger partial charge >= 0.3 is 0 Å². The second-order valence-corrected chi connectivity index (χ2v) is 7.47. The molecule has 0 aliphatic rings. The molecule has 1 unspecified atom stereocenters. The zero-order chi connectivity index (χ0) is 13.8. The van der Waals surface area contributed by atoms with Crippen molar-refractivity contribution in [3.63, 3.8) is 0 Å². The van der Waals surface area contributed by atoms with Crippen molar-refractivity contribution in [2.24, 2.45) is 0 Å². The summed E-state index contributed by atoms with van der Waals surface area (Å²) in [7, 11) is -2.98. The molecule has 102 valence electrons. The van der Waals surface area contributed by atoms with Crippen LogP contribution in [0.3, 0.4) is 0 Å². The van der Waals surface area contributed by atoms with Gasteiger partial charge in [-0.1, -0.05) is 22.9 Å². The first-order chi connectivity index (χ1) is 8.35. The first-order valence-corrected chi connectivity index (χ1v) is 8.36. The van der Waals surface area contributed by atoms with E-state index in [0.29, 0.717) is 12.1 Å². The molecule has 1 rings (SSSR count). The van der Waals surface area contributed by atoms with Crippen molar-refractivity contribution in [2.75, 3.05) is 18.1 Å². The van der Waals surface area contributed by atoms with Crippen LogP contribution in [-0.4, -0.2) is 26.5 Å². The van der Waals surface area contributed by atoms with Crippen LogP contribution in [0.1, 0.15) is 25.5 Å². The summed E-state index contributed by atoms with van der Waals surface area (Å²) < 4.78 is 37.0. The monoisotopic (exact) mass is 337 g/mol. The average molecular weight is 338 g/mol. The molecule has 0 aromatic heterocycles. The van der Waals surface area contributed by atoms with Crippen molar-refractivity contribution < 1.29 is 12.8 Å². The number of halogens is 2. The van der Waals surface area contributed by atoms with E-state index >= 15 is 0 Å². The summed E-state index contributed by atoms with van der Waals surface area (Å²) in [6.07, 6.45) is 0. The molecule has 1 atom stereocenters. The lowest BCUT2D eigenvalue weighted by atomic mass is 10.1. The van der Waals surface area contributed by atoms with E-state index in [4.69, 9.17) is 0 Å². The summed E-state index contributed by atoms with van der Waals surface area (Å²) in [4.78, 5) is 0. The van der Waals surface area contributed by atoms with Gasteiger partial charge in [0.1, 0.15) is 5.82 Å². The summed E-state index contributed by atoms with van der Waals surface area (Å²) in [5.41, 5.74) is 0.526. The SMILES string of the molecule is CCS(=O)(=O)CCNC(C)c1cc(Br)ccc1F. The van der Waals surface area contributed by atoms with Crippen molar-refractivity contribution in [3.05, 3.63) is 34.1 Å². The largest absolute Gasteiger partial charge is 0.309 e. The van der Waals surface area contributed by atoms with Gasteiger partial charge in [0.25, 0.3) is 0 Å². The third kappa shape index (κ3) is 4.66. The fraction of sp³-hybridized carbons (Fsp3) is 0.500. The van der Waals surface area contributed by atoms with E-state index in [1.54, 1.807) is 19.1 Å². The minimum Gasteiger partial charge on any atom is -0.309 e. The Morgan fingerprint density at radius 2 is 2.11 bits per heavy atom.